The second-order valence-corrected chi connectivity index (χ2v) is 7.41. The molecular weight excluding hydrogens is 352 g/mol. The van der Waals surface area contributed by atoms with Gasteiger partial charge in [-0.05, 0) is 37.6 Å². The van der Waals surface area contributed by atoms with Crippen molar-refractivity contribution in [2.75, 3.05) is 11.3 Å². The molecule has 7 heteroatoms. The van der Waals surface area contributed by atoms with Crippen LogP contribution < -0.4 is 9.46 Å². The van der Waals surface area contributed by atoms with Gasteiger partial charge in [0.25, 0.3) is 10.0 Å². The van der Waals surface area contributed by atoms with Gasteiger partial charge >= 0.3 is 0 Å². The van der Waals surface area contributed by atoms with Crippen molar-refractivity contribution in [3.63, 3.8) is 0 Å². The van der Waals surface area contributed by atoms with Crippen molar-refractivity contribution in [1.82, 2.24) is 4.98 Å². The van der Waals surface area contributed by atoms with E-state index in [9.17, 15) is 8.42 Å². The van der Waals surface area contributed by atoms with Crippen LogP contribution in [0.3, 0.4) is 0 Å². The number of hydrogen-bond acceptors (Lipinski definition) is 5. The number of aromatic nitrogens is 1. The molecule has 1 aromatic heterocycles. The number of aryl methyl sites for hydroxylation is 2. The minimum atomic E-state index is -3.80. The predicted molar refractivity (Wildman–Crippen MR) is 99.8 cm³/mol. The van der Waals surface area contributed by atoms with Gasteiger partial charge in [-0.25, -0.2) is 13.4 Å². The highest BCUT2D eigenvalue weighted by Crippen LogP contribution is 2.30. The number of para-hydroxylation sites is 2. The molecule has 0 unspecified atom stereocenters. The summed E-state index contributed by atoms with van der Waals surface area (Å²) in [5, 5.41) is 0. The van der Waals surface area contributed by atoms with E-state index in [0.717, 1.165) is 0 Å². The highest BCUT2D eigenvalue weighted by Gasteiger charge is 2.20. The average Bonchev–Trinajstić information content (AvgIpc) is 3.03. The summed E-state index contributed by atoms with van der Waals surface area (Å²) in [5.74, 6) is 1.53. The third-order valence-electron chi connectivity index (χ3n) is 3.81. The number of benzene rings is 2. The van der Waals surface area contributed by atoms with E-state index in [4.69, 9.17) is 9.15 Å². The first-order valence-corrected chi connectivity index (χ1v) is 9.67. The molecule has 26 heavy (non-hydrogen) atoms. The molecule has 0 saturated carbocycles. The maximum atomic E-state index is 13.0. The van der Waals surface area contributed by atoms with Gasteiger partial charge in [-0.3, -0.25) is 4.72 Å². The number of hydrogen-bond donors (Lipinski definition) is 1. The minimum Gasteiger partial charge on any atom is -0.492 e. The summed E-state index contributed by atoms with van der Waals surface area (Å²) < 4.78 is 39.5. The normalized spacial score (nSPS) is 11.3. The Balaban J connectivity index is 1.99. The van der Waals surface area contributed by atoms with Crippen LogP contribution in [0.2, 0.25) is 0 Å². The van der Waals surface area contributed by atoms with Gasteiger partial charge in [0.1, 0.15) is 5.75 Å². The van der Waals surface area contributed by atoms with Crippen molar-refractivity contribution in [3.05, 3.63) is 60.1 Å². The summed E-state index contributed by atoms with van der Waals surface area (Å²) >= 11 is 0. The molecule has 0 bridgehead atoms. The minimum absolute atomic E-state index is 0.176. The first-order chi connectivity index (χ1) is 12.4. The topological polar surface area (TPSA) is 81.4 Å². The summed E-state index contributed by atoms with van der Waals surface area (Å²) in [6.45, 7) is 5.77. The molecule has 2 aromatic carbocycles. The van der Waals surface area contributed by atoms with Crippen LogP contribution in [0.25, 0.3) is 11.3 Å². The Bertz CT molecular complexity index is 1030. The zero-order chi connectivity index (χ0) is 18.7. The smallest absolute Gasteiger partial charge is 0.262 e. The summed E-state index contributed by atoms with van der Waals surface area (Å²) in [6.07, 6.45) is 1.58. The zero-order valence-corrected chi connectivity index (χ0v) is 15.6. The fraction of sp³-hybridized carbons (Fsp3) is 0.211. The Morgan fingerprint density at radius 2 is 1.92 bits per heavy atom. The molecule has 1 heterocycles. The zero-order valence-electron chi connectivity index (χ0n) is 14.8. The Labute approximate surface area is 152 Å². The van der Waals surface area contributed by atoms with E-state index in [1.54, 1.807) is 56.4 Å². The van der Waals surface area contributed by atoms with E-state index < -0.39 is 10.0 Å². The van der Waals surface area contributed by atoms with E-state index in [2.05, 4.69) is 9.71 Å². The van der Waals surface area contributed by atoms with Crippen LogP contribution in [0.4, 0.5) is 5.69 Å². The monoisotopic (exact) mass is 372 g/mol. The summed E-state index contributed by atoms with van der Waals surface area (Å²) in [6, 6.07) is 12.1. The fourth-order valence-corrected chi connectivity index (χ4v) is 3.91. The molecule has 0 atom stereocenters. The van der Waals surface area contributed by atoms with Gasteiger partial charge < -0.3 is 9.15 Å². The number of anilines is 1. The first kappa shape index (κ1) is 18.0. The molecule has 136 valence electrons. The van der Waals surface area contributed by atoms with Gasteiger partial charge in [-0.1, -0.05) is 24.3 Å². The first-order valence-electron chi connectivity index (χ1n) is 8.19. The maximum Gasteiger partial charge on any atom is 0.262 e. The maximum absolute atomic E-state index is 13.0. The average molecular weight is 372 g/mol. The molecule has 3 rings (SSSR count). The molecule has 0 spiro atoms. The summed E-state index contributed by atoms with van der Waals surface area (Å²) in [5.41, 5.74) is 1.68. The summed E-state index contributed by atoms with van der Waals surface area (Å²) in [7, 11) is -3.80. The van der Waals surface area contributed by atoms with Crippen molar-refractivity contribution in [2.45, 2.75) is 25.7 Å². The van der Waals surface area contributed by atoms with E-state index in [1.165, 1.54) is 0 Å². The largest absolute Gasteiger partial charge is 0.492 e. The van der Waals surface area contributed by atoms with Crippen molar-refractivity contribution in [3.8, 4) is 17.1 Å². The number of sulfonamides is 1. The van der Waals surface area contributed by atoms with Gasteiger partial charge in [0.05, 0.1) is 23.4 Å². The van der Waals surface area contributed by atoms with Gasteiger partial charge in [0.15, 0.2) is 11.7 Å². The number of ether oxygens (including phenoxy) is 1. The highest BCUT2D eigenvalue weighted by molar-refractivity contribution is 7.92. The molecule has 0 aliphatic carbocycles. The van der Waals surface area contributed by atoms with Crippen LogP contribution in [0.15, 0.2) is 58.0 Å². The molecule has 3 aromatic rings. The molecular formula is C19H20N2O4S. The lowest BCUT2D eigenvalue weighted by Crippen LogP contribution is -2.15. The molecule has 0 fully saturated rings. The quantitative estimate of drug-likeness (QED) is 0.703. The van der Waals surface area contributed by atoms with E-state index in [-0.39, 0.29) is 4.90 Å². The molecule has 0 amide bonds. The van der Waals surface area contributed by atoms with Crippen molar-refractivity contribution >= 4 is 15.7 Å². The van der Waals surface area contributed by atoms with Gasteiger partial charge in [-0.2, -0.15) is 0 Å². The van der Waals surface area contributed by atoms with Gasteiger partial charge in [-0.15, -0.1) is 0 Å². The van der Waals surface area contributed by atoms with Gasteiger partial charge in [0, 0.05) is 12.5 Å². The van der Waals surface area contributed by atoms with Crippen molar-refractivity contribution in [2.24, 2.45) is 0 Å². The molecule has 0 aliphatic heterocycles. The number of oxazole rings is 1. The third-order valence-corrected chi connectivity index (χ3v) is 5.32. The second kappa shape index (κ2) is 7.21. The molecule has 0 radical (unpaired) electrons. The fourth-order valence-electron chi connectivity index (χ4n) is 2.57. The third kappa shape index (κ3) is 3.72. The lowest BCUT2D eigenvalue weighted by atomic mass is 10.1. The van der Waals surface area contributed by atoms with Crippen LogP contribution in [0, 0.1) is 13.8 Å². The van der Waals surface area contributed by atoms with Crippen molar-refractivity contribution < 1.29 is 17.6 Å². The Morgan fingerprint density at radius 3 is 2.62 bits per heavy atom. The summed E-state index contributed by atoms with van der Waals surface area (Å²) in [4.78, 5) is 4.24. The Morgan fingerprint density at radius 1 is 1.15 bits per heavy atom. The van der Waals surface area contributed by atoms with Gasteiger partial charge in [0.2, 0.25) is 0 Å². The molecule has 6 nitrogen and oxygen atoms in total. The Kier molecular flexibility index (Phi) is 4.99. The lowest BCUT2D eigenvalue weighted by Gasteiger charge is -2.14. The van der Waals surface area contributed by atoms with E-state index in [1.807, 2.05) is 13.0 Å². The lowest BCUT2D eigenvalue weighted by molar-refractivity contribution is 0.342. The molecule has 0 saturated heterocycles. The number of nitrogens with zero attached hydrogens (tertiary/aromatic N) is 1. The Hall–Kier alpha value is -2.80. The van der Waals surface area contributed by atoms with Crippen LogP contribution in [-0.2, 0) is 10.0 Å². The molecule has 0 aliphatic rings. The molecule has 1 N–H and O–H groups in total. The van der Waals surface area contributed by atoms with Crippen LogP contribution in [0.5, 0.6) is 5.75 Å². The van der Waals surface area contributed by atoms with E-state index >= 15 is 0 Å². The predicted octanol–water partition coefficient (Wildman–Crippen LogP) is 4.16. The van der Waals surface area contributed by atoms with Crippen LogP contribution in [-0.4, -0.2) is 20.0 Å². The van der Waals surface area contributed by atoms with Crippen molar-refractivity contribution in [1.29, 1.82) is 0 Å². The number of rotatable bonds is 6. The SMILES string of the molecule is CCOc1ccccc1NS(=O)(=O)c1cc(-c2cnc(C)o2)ccc1C. The number of nitrogens with one attached hydrogen (secondary N) is 1. The highest BCUT2D eigenvalue weighted by atomic mass is 32.2. The second-order valence-electron chi connectivity index (χ2n) is 5.76. The van der Waals surface area contributed by atoms with Crippen LogP contribution >= 0.6 is 0 Å². The van der Waals surface area contributed by atoms with Crippen LogP contribution in [0.1, 0.15) is 18.4 Å². The van der Waals surface area contributed by atoms with E-state index in [0.29, 0.717) is 40.8 Å². The standard InChI is InChI=1S/C19H20N2O4S/c1-4-24-17-8-6-5-7-16(17)21-26(22,23)19-11-15(10-9-13(19)2)18-12-20-14(3)25-18/h5-12,21H,4H2,1-3H3.